The second-order valence-electron chi connectivity index (χ2n) is 6.87. The van der Waals surface area contributed by atoms with E-state index in [0.717, 1.165) is 47.3 Å². The zero-order valence-electron chi connectivity index (χ0n) is 15.0. The molecule has 0 atom stereocenters. The number of nitrogens with zero attached hydrogens (tertiary/aromatic N) is 1. The number of hydrogen-bond acceptors (Lipinski definition) is 2. The Morgan fingerprint density at radius 1 is 1.07 bits per heavy atom. The Bertz CT molecular complexity index is 991. The van der Waals surface area contributed by atoms with Crippen molar-refractivity contribution in [3.63, 3.8) is 0 Å². The number of piperidine rings is 1. The molecule has 1 aromatic heterocycles. The summed E-state index contributed by atoms with van der Waals surface area (Å²) in [5, 5.41) is 1.10. The van der Waals surface area contributed by atoms with E-state index in [9.17, 15) is 13.6 Å². The number of nitrogens with one attached hydrogen (secondary N) is 1. The summed E-state index contributed by atoms with van der Waals surface area (Å²) in [6.45, 7) is 1.17. The van der Waals surface area contributed by atoms with Gasteiger partial charge in [0.2, 0.25) is 0 Å². The van der Waals surface area contributed by atoms with Crippen molar-refractivity contribution in [3.05, 3.63) is 65.4 Å². The monoisotopic (exact) mass is 370 g/mol. The molecule has 27 heavy (non-hydrogen) atoms. The fraction of sp³-hybridized carbons (Fsp3) is 0.286. The molecule has 0 saturated carbocycles. The first kappa shape index (κ1) is 17.5. The Labute approximate surface area is 155 Å². The molecule has 2 heterocycles. The quantitative estimate of drug-likeness (QED) is 0.739. The summed E-state index contributed by atoms with van der Waals surface area (Å²) >= 11 is 0. The molecule has 4 nitrogen and oxygen atoms in total. The molecule has 0 bridgehead atoms. The minimum atomic E-state index is -0.996. The summed E-state index contributed by atoms with van der Waals surface area (Å²) in [6, 6.07) is 11.3. The van der Waals surface area contributed by atoms with Crippen LogP contribution in [0, 0.1) is 11.6 Å². The van der Waals surface area contributed by atoms with E-state index in [1.165, 1.54) is 6.07 Å². The third-order valence-electron chi connectivity index (χ3n) is 5.24. The molecule has 0 spiro atoms. The van der Waals surface area contributed by atoms with Crippen LogP contribution in [0.25, 0.3) is 10.9 Å². The van der Waals surface area contributed by atoms with Crippen molar-refractivity contribution < 1.29 is 18.3 Å². The van der Waals surface area contributed by atoms with Crippen LogP contribution in [0.1, 0.15) is 34.8 Å². The van der Waals surface area contributed by atoms with Gasteiger partial charge in [-0.15, -0.1) is 0 Å². The number of fused-ring (bicyclic) bond motifs is 1. The molecule has 0 radical (unpaired) electrons. The predicted octanol–water partition coefficient (Wildman–Crippen LogP) is 4.47. The van der Waals surface area contributed by atoms with E-state index in [-0.39, 0.29) is 11.5 Å². The first-order valence-electron chi connectivity index (χ1n) is 8.96. The standard InChI is InChI=1S/C21H20F2N2O2/c1-27-16-3-5-19-15(10-16)12-20(24-19)13-6-8-25(9-7-13)21(26)14-2-4-17(22)18(23)11-14/h2-5,10-13,24H,6-9H2,1H3. The Hall–Kier alpha value is -2.89. The zero-order chi connectivity index (χ0) is 19.0. The van der Waals surface area contributed by atoms with Crippen molar-refractivity contribution in [2.75, 3.05) is 20.2 Å². The highest BCUT2D eigenvalue weighted by Crippen LogP contribution is 2.31. The molecule has 1 saturated heterocycles. The van der Waals surface area contributed by atoms with Crippen molar-refractivity contribution in [2.24, 2.45) is 0 Å². The minimum absolute atomic E-state index is 0.185. The van der Waals surface area contributed by atoms with Gasteiger partial charge in [0.05, 0.1) is 7.11 Å². The van der Waals surface area contributed by atoms with Crippen LogP contribution >= 0.6 is 0 Å². The molecule has 1 fully saturated rings. The largest absolute Gasteiger partial charge is 0.497 e. The highest BCUT2D eigenvalue weighted by Gasteiger charge is 2.26. The number of halogens is 2. The van der Waals surface area contributed by atoms with E-state index in [4.69, 9.17) is 4.74 Å². The van der Waals surface area contributed by atoms with Crippen molar-refractivity contribution in [1.29, 1.82) is 0 Å². The molecule has 0 unspecified atom stereocenters. The topological polar surface area (TPSA) is 45.3 Å². The van der Waals surface area contributed by atoms with Crippen molar-refractivity contribution in [1.82, 2.24) is 9.88 Å². The van der Waals surface area contributed by atoms with E-state index >= 15 is 0 Å². The molecule has 1 aliphatic rings. The van der Waals surface area contributed by atoms with Crippen LogP contribution < -0.4 is 4.74 Å². The van der Waals surface area contributed by atoms with Gasteiger partial charge in [0, 0.05) is 41.2 Å². The Morgan fingerprint density at radius 3 is 2.56 bits per heavy atom. The third-order valence-corrected chi connectivity index (χ3v) is 5.24. The maximum absolute atomic E-state index is 13.4. The number of ether oxygens (including phenoxy) is 1. The summed E-state index contributed by atoms with van der Waals surface area (Å²) in [7, 11) is 1.65. The smallest absolute Gasteiger partial charge is 0.253 e. The lowest BCUT2D eigenvalue weighted by Crippen LogP contribution is -2.38. The van der Waals surface area contributed by atoms with Crippen LogP contribution in [0.2, 0.25) is 0 Å². The number of hydrogen-bond donors (Lipinski definition) is 1. The number of rotatable bonds is 3. The lowest BCUT2D eigenvalue weighted by atomic mass is 9.93. The number of benzene rings is 2. The fourth-order valence-electron chi connectivity index (χ4n) is 3.69. The Balaban J connectivity index is 1.45. The van der Waals surface area contributed by atoms with Crippen LogP contribution in [0.4, 0.5) is 8.78 Å². The van der Waals surface area contributed by atoms with E-state index in [1.807, 2.05) is 18.2 Å². The van der Waals surface area contributed by atoms with Gasteiger partial charge >= 0.3 is 0 Å². The number of methoxy groups -OCH3 is 1. The highest BCUT2D eigenvalue weighted by atomic mass is 19.2. The average molecular weight is 370 g/mol. The summed E-state index contributed by atoms with van der Waals surface area (Å²) in [5.74, 6) is -1.05. The van der Waals surface area contributed by atoms with Crippen molar-refractivity contribution in [3.8, 4) is 5.75 Å². The lowest BCUT2D eigenvalue weighted by molar-refractivity contribution is 0.0711. The number of amides is 1. The molecule has 4 rings (SSSR count). The number of aromatic amines is 1. The molecule has 1 N–H and O–H groups in total. The summed E-state index contributed by atoms with van der Waals surface area (Å²) in [5.41, 5.74) is 2.40. The van der Waals surface area contributed by atoms with Gasteiger partial charge in [-0.25, -0.2) is 8.78 Å². The molecule has 6 heteroatoms. The SMILES string of the molecule is COc1ccc2[nH]c(C3CCN(C(=O)c4ccc(F)c(F)c4)CC3)cc2c1. The highest BCUT2D eigenvalue weighted by molar-refractivity contribution is 5.94. The van der Waals surface area contributed by atoms with Gasteiger partial charge in [0.1, 0.15) is 5.75 Å². The second-order valence-corrected chi connectivity index (χ2v) is 6.87. The predicted molar refractivity (Wildman–Crippen MR) is 99.1 cm³/mol. The lowest BCUT2D eigenvalue weighted by Gasteiger charge is -2.31. The van der Waals surface area contributed by atoms with E-state index in [0.29, 0.717) is 19.0 Å². The van der Waals surface area contributed by atoms with Crippen LogP contribution in [0.5, 0.6) is 5.75 Å². The Morgan fingerprint density at radius 2 is 1.85 bits per heavy atom. The van der Waals surface area contributed by atoms with Crippen LogP contribution in [-0.2, 0) is 0 Å². The summed E-state index contributed by atoms with van der Waals surface area (Å²) in [4.78, 5) is 17.7. The van der Waals surface area contributed by atoms with Crippen LogP contribution in [0.3, 0.4) is 0 Å². The molecule has 1 amide bonds. The maximum atomic E-state index is 13.4. The molecular weight excluding hydrogens is 350 g/mol. The van der Waals surface area contributed by atoms with Crippen molar-refractivity contribution in [2.45, 2.75) is 18.8 Å². The normalized spacial score (nSPS) is 15.3. The number of aromatic nitrogens is 1. The van der Waals surface area contributed by atoms with Gasteiger partial charge in [-0.3, -0.25) is 4.79 Å². The number of H-pyrrole nitrogens is 1. The molecule has 3 aromatic rings. The maximum Gasteiger partial charge on any atom is 0.253 e. The number of carbonyl (C=O) groups excluding carboxylic acids is 1. The van der Waals surface area contributed by atoms with E-state index in [2.05, 4.69) is 11.1 Å². The van der Waals surface area contributed by atoms with Gasteiger partial charge in [0.25, 0.3) is 5.91 Å². The number of carbonyl (C=O) groups is 1. The van der Waals surface area contributed by atoms with Gasteiger partial charge < -0.3 is 14.6 Å². The minimum Gasteiger partial charge on any atom is -0.497 e. The molecule has 2 aromatic carbocycles. The molecule has 0 aliphatic carbocycles. The van der Waals surface area contributed by atoms with Gasteiger partial charge in [-0.1, -0.05) is 0 Å². The molecule has 140 valence electrons. The van der Waals surface area contributed by atoms with E-state index < -0.39 is 11.6 Å². The van der Waals surface area contributed by atoms with Crippen LogP contribution in [0.15, 0.2) is 42.5 Å². The van der Waals surface area contributed by atoms with Gasteiger partial charge in [-0.2, -0.15) is 0 Å². The first-order chi connectivity index (χ1) is 13.0. The third kappa shape index (κ3) is 3.39. The van der Waals surface area contributed by atoms with Gasteiger partial charge in [0.15, 0.2) is 11.6 Å². The first-order valence-corrected chi connectivity index (χ1v) is 8.96. The average Bonchev–Trinajstić information content (AvgIpc) is 3.13. The van der Waals surface area contributed by atoms with Gasteiger partial charge in [-0.05, 0) is 55.3 Å². The molecule has 1 aliphatic heterocycles. The summed E-state index contributed by atoms with van der Waals surface area (Å²) < 4.78 is 31.7. The number of likely N-dealkylation sites (tertiary alicyclic amines) is 1. The zero-order valence-corrected chi connectivity index (χ0v) is 15.0. The van der Waals surface area contributed by atoms with E-state index in [1.54, 1.807) is 12.0 Å². The Kier molecular flexibility index (Phi) is 4.56. The summed E-state index contributed by atoms with van der Waals surface area (Å²) in [6.07, 6.45) is 1.64. The molecular formula is C21H20F2N2O2. The van der Waals surface area contributed by atoms with Crippen LogP contribution in [-0.4, -0.2) is 36.0 Å². The fourth-order valence-corrected chi connectivity index (χ4v) is 3.69. The van der Waals surface area contributed by atoms with Crippen molar-refractivity contribution >= 4 is 16.8 Å². The second kappa shape index (κ2) is 7.02.